The van der Waals surface area contributed by atoms with E-state index < -0.39 is 0 Å². The first-order valence-corrected chi connectivity index (χ1v) is 10.8. The number of anilines is 2. The fourth-order valence-electron chi connectivity index (χ4n) is 3.72. The zero-order valence-electron chi connectivity index (χ0n) is 18.1. The maximum absolute atomic E-state index is 13.1. The van der Waals surface area contributed by atoms with Crippen LogP contribution in [0, 0.1) is 0 Å². The van der Waals surface area contributed by atoms with Crippen molar-refractivity contribution in [3.8, 4) is 11.5 Å². The van der Waals surface area contributed by atoms with Gasteiger partial charge in [0.1, 0.15) is 11.5 Å². The molecule has 3 rings (SSSR count). The Kier molecular flexibility index (Phi) is 7.97. The molecule has 1 aliphatic heterocycles. The highest BCUT2D eigenvalue weighted by atomic mass is 16.5. The van der Waals surface area contributed by atoms with E-state index in [0.717, 1.165) is 30.1 Å². The first-order valence-electron chi connectivity index (χ1n) is 10.8. The number of benzene rings is 2. The molecule has 1 heterocycles. The molecule has 2 aromatic carbocycles. The smallest absolute Gasteiger partial charge is 0.232 e. The Morgan fingerprint density at radius 2 is 1.70 bits per heavy atom. The zero-order chi connectivity index (χ0) is 21.3. The lowest BCUT2D eigenvalue weighted by Crippen LogP contribution is -2.36. The number of carbonyl (C=O) groups is 1. The van der Waals surface area contributed by atoms with Gasteiger partial charge in [-0.25, -0.2) is 0 Å². The number of amides is 1. The van der Waals surface area contributed by atoms with Gasteiger partial charge < -0.3 is 24.4 Å². The third-order valence-electron chi connectivity index (χ3n) is 5.20. The van der Waals surface area contributed by atoms with E-state index in [0.29, 0.717) is 44.3 Å². The SMILES string of the molecule is CCOc1cc(N2CCOCC2)c(OCC)cc1NC(=O)[C@@H](CC)c1ccccc1. The van der Waals surface area contributed by atoms with Crippen LogP contribution in [0.5, 0.6) is 11.5 Å². The Labute approximate surface area is 179 Å². The summed E-state index contributed by atoms with van der Waals surface area (Å²) in [5.41, 5.74) is 2.61. The Morgan fingerprint density at radius 1 is 1.03 bits per heavy atom. The normalized spacial score (nSPS) is 14.8. The van der Waals surface area contributed by atoms with Gasteiger partial charge in [-0.05, 0) is 25.8 Å². The highest BCUT2D eigenvalue weighted by Crippen LogP contribution is 2.40. The molecule has 1 atom stereocenters. The van der Waals surface area contributed by atoms with Gasteiger partial charge in [-0.2, -0.15) is 0 Å². The van der Waals surface area contributed by atoms with E-state index in [1.807, 2.05) is 63.2 Å². The molecule has 0 aliphatic carbocycles. The van der Waals surface area contributed by atoms with E-state index in [1.54, 1.807) is 0 Å². The summed E-state index contributed by atoms with van der Waals surface area (Å²) in [5.74, 6) is 1.12. The molecule has 1 N–H and O–H groups in total. The molecule has 30 heavy (non-hydrogen) atoms. The third kappa shape index (κ3) is 5.25. The molecule has 1 saturated heterocycles. The predicted octanol–water partition coefficient (Wildman–Crippen LogP) is 4.45. The number of rotatable bonds is 9. The minimum atomic E-state index is -0.227. The summed E-state index contributed by atoms with van der Waals surface area (Å²) in [4.78, 5) is 15.4. The molecular formula is C24H32N2O4. The van der Waals surface area contributed by atoms with Crippen LogP contribution in [0.15, 0.2) is 42.5 Å². The van der Waals surface area contributed by atoms with Crippen molar-refractivity contribution in [1.29, 1.82) is 0 Å². The van der Waals surface area contributed by atoms with Crippen molar-refractivity contribution >= 4 is 17.3 Å². The van der Waals surface area contributed by atoms with Gasteiger partial charge in [0.2, 0.25) is 5.91 Å². The van der Waals surface area contributed by atoms with Crippen molar-refractivity contribution in [1.82, 2.24) is 0 Å². The lowest BCUT2D eigenvalue weighted by Gasteiger charge is -2.31. The fourth-order valence-corrected chi connectivity index (χ4v) is 3.72. The van der Waals surface area contributed by atoms with Crippen molar-refractivity contribution < 1.29 is 19.0 Å². The molecule has 0 spiro atoms. The summed E-state index contributed by atoms with van der Waals surface area (Å²) < 4.78 is 17.3. The van der Waals surface area contributed by atoms with E-state index >= 15 is 0 Å². The number of hydrogen-bond acceptors (Lipinski definition) is 5. The molecule has 0 radical (unpaired) electrons. The van der Waals surface area contributed by atoms with E-state index in [1.165, 1.54) is 0 Å². The number of nitrogens with one attached hydrogen (secondary N) is 1. The molecule has 0 unspecified atom stereocenters. The maximum atomic E-state index is 13.1. The van der Waals surface area contributed by atoms with Crippen LogP contribution in [0.4, 0.5) is 11.4 Å². The quantitative estimate of drug-likeness (QED) is 0.659. The van der Waals surface area contributed by atoms with Crippen LogP contribution >= 0.6 is 0 Å². The number of ether oxygens (including phenoxy) is 3. The Bertz CT molecular complexity index is 819. The van der Waals surface area contributed by atoms with Crippen molar-refractivity contribution in [3.63, 3.8) is 0 Å². The van der Waals surface area contributed by atoms with Gasteiger partial charge in [0, 0.05) is 25.2 Å². The molecule has 2 aromatic rings. The second kappa shape index (κ2) is 10.9. The summed E-state index contributed by atoms with van der Waals surface area (Å²) in [7, 11) is 0. The van der Waals surface area contributed by atoms with Crippen LogP contribution in [-0.4, -0.2) is 45.4 Å². The molecule has 0 bridgehead atoms. The Hall–Kier alpha value is -2.73. The van der Waals surface area contributed by atoms with Crippen molar-refractivity contribution in [2.24, 2.45) is 0 Å². The van der Waals surface area contributed by atoms with E-state index in [2.05, 4.69) is 10.2 Å². The molecule has 1 fully saturated rings. The molecule has 1 aliphatic rings. The largest absolute Gasteiger partial charge is 0.492 e. The highest BCUT2D eigenvalue weighted by molar-refractivity contribution is 5.97. The topological polar surface area (TPSA) is 60.0 Å². The number of morpholine rings is 1. The van der Waals surface area contributed by atoms with Gasteiger partial charge in [-0.3, -0.25) is 4.79 Å². The van der Waals surface area contributed by atoms with Crippen LogP contribution < -0.4 is 19.7 Å². The maximum Gasteiger partial charge on any atom is 0.232 e. The van der Waals surface area contributed by atoms with Gasteiger partial charge in [0.05, 0.1) is 43.7 Å². The van der Waals surface area contributed by atoms with Gasteiger partial charge in [-0.15, -0.1) is 0 Å². The summed E-state index contributed by atoms with van der Waals surface area (Å²) in [6.07, 6.45) is 0.712. The van der Waals surface area contributed by atoms with Crippen LogP contribution in [0.1, 0.15) is 38.7 Å². The predicted molar refractivity (Wildman–Crippen MR) is 120 cm³/mol. The number of nitrogens with zero attached hydrogens (tertiary/aromatic N) is 1. The molecule has 6 nitrogen and oxygen atoms in total. The molecule has 0 saturated carbocycles. The number of hydrogen-bond donors (Lipinski definition) is 1. The molecule has 6 heteroatoms. The lowest BCUT2D eigenvalue weighted by atomic mass is 9.95. The van der Waals surface area contributed by atoms with Gasteiger partial charge >= 0.3 is 0 Å². The average molecular weight is 413 g/mol. The molecule has 0 aromatic heterocycles. The van der Waals surface area contributed by atoms with Crippen molar-refractivity contribution in [2.45, 2.75) is 33.1 Å². The molecular weight excluding hydrogens is 380 g/mol. The third-order valence-corrected chi connectivity index (χ3v) is 5.20. The second-order valence-electron chi connectivity index (χ2n) is 7.14. The van der Waals surface area contributed by atoms with Crippen LogP contribution in [0.2, 0.25) is 0 Å². The highest BCUT2D eigenvalue weighted by Gasteiger charge is 2.23. The van der Waals surface area contributed by atoms with Crippen LogP contribution in [-0.2, 0) is 9.53 Å². The van der Waals surface area contributed by atoms with Crippen molar-refractivity contribution in [3.05, 3.63) is 48.0 Å². The van der Waals surface area contributed by atoms with Gasteiger partial charge in [0.15, 0.2) is 0 Å². The zero-order valence-corrected chi connectivity index (χ0v) is 18.1. The summed E-state index contributed by atoms with van der Waals surface area (Å²) in [6, 6.07) is 13.7. The standard InChI is InChI=1S/C24H32N2O4/c1-4-19(18-10-8-7-9-11-18)24(27)25-20-16-23(30-6-3)21(17-22(20)29-5-2)26-12-14-28-15-13-26/h7-11,16-17,19H,4-6,12-15H2,1-3H3,(H,25,27)/t19-/m0/s1. The fraction of sp³-hybridized carbons (Fsp3) is 0.458. The van der Waals surface area contributed by atoms with E-state index in [4.69, 9.17) is 14.2 Å². The summed E-state index contributed by atoms with van der Waals surface area (Å²) in [5, 5.41) is 3.09. The molecule has 1 amide bonds. The summed E-state index contributed by atoms with van der Waals surface area (Å²) in [6.45, 7) is 9.93. The van der Waals surface area contributed by atoms with Crippen LogP contribution in [0.3, 0.4) is 0 Å². The van der Waals surface area contributed by atoms with Gasteiger partial charge in [-0.1, -0.05) is 37.3 Å². The second-order valence-corrected chi connectivity index (χ2v) is 7.14. The summed E-state index contributed by atoms with van der Waals surface area (Å²) >= 11 is 0. The molecule has 162 valence electrons. The van der Waals surface area contributed by atoms with Crippen LogP contribution in [0.25, 0.3) is 0 Å². The Morgan fingerprint density at radius 3 is 2.33 bits per heavy atom. The first-order chi connectivity index (χ1) is 14.7. The van der Waals surface area contributed by atoms with Gasteiger partial charge in [0.25, 0.3) is 0 Å². The minimum Gasteiger partial charge on any atom is -0.492 e. The average Bonchev–Trinajstić information content (AvgIpc) is 2.77. The monoisotopic (exact) mass is 412 g/mol. The lowest BCUT2D eigenvalue weighted by molar-refractivity contribution is -0.117. The van der Waals surface area contributed by atoms with E-state index in [-0.39, 0.29) is 11.8 Å². The first kappa shape index (κ1) is 22.0. The van der Waals surface area contributed by atoms with Crippen molar-refractivity contribution in [2.75, 3.05) is 49.7 Å². The Balaban J connectivity index is 1.92. The minimum absolute atomic E-state index is 0.0498. The number of carbonyl (C=O) groups excluding carboxylic acids is 1. The van der Waals surface area contributed by atoms with E-state index in [9.17, 15) is 4.79 Å².